The second-order valence-electron chi connectivity index (χ2n) is 7.61. The minimum Gasteiger partial charge on any atom is -0.490 e. The minimum atomic E-state index is -0.767. The molecule has 8 heteroatoms. The van der Waals surface area contributed by atoms with Gasteiger partial charge in [-0.2, -0.15) is 0 Å². The monoisotopic (exact) mass is 548 g/mol. The van der Waals surface area contributed by atoms with Crippen molar-refractivity contribution in [2.45, 2.75) is 40.7 Å². The molecule has 0 spiro atoms. The fourth-order valence-electron chi connectivity index (χ4n) is 3.31. The molecule has 3 rings (SSSR count). The van der Waals surface area contributed by atoms with E-state index in [1.807, 2.05) is 40.7 Å². The SMILES string of the molecule is CCOc1cc(/C=C2\C(=O)NC(=O)N(c3cccc(C)c3C)C2=O)cc(I)c1OC(C)C. The van der Waals surface area contributed by atoms with Crippen molar-refractivity contribution in [2.75, 3.05) is 11.5 Å². The predicted molar refractivity (Wildman–Crippen MR) is 131 cm³/mol. The van der Waals surface area contributed by atoms with Crippen molar-refractivity contribution in [3.8, 4) is 11.5 Å². The summed E-state index contributed by atoms with van der Waals surface area (Å²) in [5.41, 5.74) is 2.61. The number of carbonyl (C=O) groups is 3. The van der Waals surface area contributed by atoms with Gasteiger partial charge in [-0.3, -0.25) is 14.9 Å². The number of hydrogen-bond donors (Lipinski definition) is 1. The summed E-state index contributed by atoms with van der Waals surface area (Å²) in [6.07, 6.45) is 1.42. The van der Waals surface area contributed by atoms with Gasteiger partial charge < -0.3 is 9.47 Å². The van der Waals surface area contributed by atoms with Crippen molar-refractivity contribution >= 4 is 52.2 Å². The molecule has 1 fully saturated rings. The van der Waals surface area contributed by atoms with E-state index in [0.29, 0.717) is 29.4 Å². The number of nitrogens with zero attached hydrogens (tertiary/aromatic N) is 1. The number of carbonyl (C=O) groups excluding carboxylic acids is 3. The first-order valence-corrected chi connectivity index (χ1v) is 11.3. The molecule has 32 heavy (non-hydrogen) atoms. The number of imide groups is 2. The number of rotatable bonds is 6. The van der Waals surface area contributed by atoms with Gasteiger partial charge in [0.2, 0.25) is 0 Å². The van der Waals surface area contributed by atoms with Gasteiger partial charge in [0.15, 0.2) is 11.5 Å². The molecule has 7 nitrogen and oxygen atoms in total. The summed E-state index contributed by atoms with van der Waals surface area (Å²) in [7, 11) is 0. The largest absolute Gasteiger partial charge is 0.490 e. The summed E-state index contributed by atoms with van der Waals surface area (Å²) in [5, 5.41) is 2.27. The Morgan fingerprint density at radius 2 is 1.88 bits per heavy atom. The molecule has 2 aromatic carbocycles. The van der Waals surface area contributed by atoms with E-state index in [9.17, 15) is 14.4 Å². The van der Waals surface area contributed by atoms with Gasteiger partial charge in [0.25, 0.3) is 11.8 Å². The van der Waals surface area contributed by atoms with E-state index in [1.54, 1.807) is 24.3 Å². The third-order valence-corrected chi connectivity index (χ3v) is 5.72. The van der Waals surface area contributed by atoms with Crippen LogP contribution >= 0.6 is 22.6 Å². The summed E-state index contributed by atoms with van der Waals surface area (Å²) in [6, 6.07) is 8.09. The van der Waals surface area contributed by atoms with Crippen LogP contribution in [0.3, 0.4) is 0 Å². The molecule has 0 aliphatic carbocycles. The lowest BCUT2D eigenvalue weighted by molar-refractivity contribution is -0.122. The van der Waals surface area contributed by atoms with E-state index in [-0.39, 0.29) is 11.7 Å². The number of aryl methyl sites for hydroxylation is 1. The summed E-state index contributed by atoms with van der Waals surface area (Å²) in [4.78, 5) is 39.3. The quantitative estimate of drug-likeness (QED) is 0.320. The summed E-state index contributed by atoms with van der Waals surface area (Å²) < 4.78 is 12.4. The molecular formula is C24H25IN2O5. The molecule has 0 aromatic heterocycles. The number of hydrogen-bond acceptors (Lipinski definition) is 5. The van der Waals surface area contributed by atoms with Crippen LogP contribution < -0.4 is 19.7 Å². The predicted octanol–water partition coefficient (Wildman–Crippen LogP) is 4.76. The maximum absolute atomic E-state index is 13.2. The van der Waals surface area contributed by atoms with Crippen molar-refractivity contribution in [2.24, 2.45) is 0 Å². The first-order valence-electron chi connectivity index (χ1n) is 10.2. The number of benzene rings is 2. The van der Waals surface area contributed by atoms with Crippen molar-refractivity contribution in [1.29, 1.82) is 0 Å². The number of ether oxygens (including phenoxy) is 2. The number of barbiturate groups is 1. The van der Waals surface area contributed by atoms with Crippen LogP contribution in [0, 0.1) is 17.4 Å². The van der Waals surface area contributed by atoms with Crippen molar-refractivity contribution < 1.29 is 23.9 Å². The van der Waals surface area contributed by atoms with Gasteiger partial charge in [-0.05, 0) is 98.2 Å². The highest BCUT2D eigenvalue weighted by Crippen LogP contribution is 2.36. The molecule has 2 aromatic rings. The van der Waals surface area contributed by atoms with Crippen LogP contribution in [0.2, 0.25) is 0 Å². The lowest BCUT2D eigenvalue weighted by Gasteiger charge is -2.28. The standard InChI is InChI=1S/C24H25IN2O5/c1-6-31-20-12-16(11-18(25)21(20)32-13(2)3)10-17-22(28)26-24(30)27(23(17)29)19-9-7-8-14(4)15(19)5/h7-13H,6H2,1-5H3,(H,26,28,30)/b17-10+. The molecule has 1 saturated heterocycles. The molecule has 0 atom stereocenters. The molecule has 0 bridgehead atoms. The molecule has 1 heterocycles. The number of urea groups is 1. The smallest absolute Gasteiger partial charge is 0.335 e. The lowest BCUT2D eigenvalue weighted by atomic mass is 10.0. The second kappa shape index (κ2) is 9.72. The molecule has 0 unspecified atom stereocenters. The molecule has 1 N–H and O–H groups in total. The van der Waals surface area contributed by atoms with E-state index in [1.165, 1.54) is 6.08 Å². The Hall–Kier alpha value is -2.88. The fraction of sp³-hybridized carbons (Fsp3) is 0.292. The fourth-order valence-corrected chi connectivity index (χ4v) is 4.06. The molecule has 1 aliphatic heterocycles. The Morgan fingerprint density at radius 3 is 2.53 bits per heavy atom. The van der Waals surface area contributed by atoms with Gasteiger partial charge in [-0.25, -0.2) is 9.69 Å². The molecule has 4 amide bonds. The zero-order valence-electron chi connectivity index (χ0n) is 18.6. The van der Waals surface area contributed by atoms with Crippen LogP contribution in [0.4, 0.5) is 10.5 Å². The van der Waals surface area contributed by atoms with Crippen LogP contribution in [-0.2, 0) is 9.59 Å². The molecule has 0 radical (unpaired) electrons. The number of halogens is 1. The van der Waals surface area contributed by atoms with E-state index in [0.717, 1.165) is 19.6 Å². The van der Waals surface area contributed by atoms with Crippen LogP contribution in [0.1, 0.15) is 37.5 Å². The Kier molecular flexibility index (Phi) is 7.22. The van der Waals surface area contributed by atoms with E-state index in [4.69, 9.17) is 9.47 Å². The molecular weight excluding hydrogens is 523 g/mol. The van der Waals surface area contributed by atoms with E-state index >= 15 is 0 Å². The van der Waals surface area contributed by atoms with Gasteiger partial charge in [-0.1, -0.05) is 12.1 Å². The lowest BCUT2D eigenvalue weighted by Crippen LogP contribution is -2.54. The molecule has 168 valence electrons. The summed E-state index contributed by atoms with van der Waals surface area (Å²) >= 11 is 2.13. The topological polar surface area (TPSA) is 84.9 Å². The number of amides is 4. The van der Waals surface area contributed by atoms with E-state index < -0.39 is 17.8 Å². The average Bonchev–Trinajstić information content (AvgIpc) is 2.71. The minimum absolute atomic E-state index is 0.0465. The van der Waals surface area contributed by atoms with Gasteiger partial charge in [0, 0.05) is 0 Å². The number of anilines is 1. The van der Waals surface area contributed by atoms with Crippen LogP contribution in [0.5, 0.6) is 11.5 Å². The first-order chi connectivity index (χ1) is 15.1. The first kappa shape index (κ1) is 23.8. The van der Waals surface area contributed by atoms with Gasteiger partial charge in [-0.15, -0.1) is 0 Å². The van der Waals surface area contributed by atoms with Gasteiger partial charge in [0.05, 0.1) is 22.0 Å². The van der Waals surface area contributed by atoms with Gasteiger partial charge >= 0.3 is 6.03 Å². The Balaban J connectivity index is 2.07. The zero-order valence-corrected chi connectivity index (χ0v) is 20.8. The third kappa shape index (κ3) is 4.79. The van der Waals surface area contributed by atoms with Crippen LogP contribution in [-0.4, -0.2) is 30.6 Å². The van der Waals surface area contributed by atoms with Crippen LogP contribution in [0.25, 0.3) is 6.08 Å². The van der Waals surface area contributed by atoms with E-state index in [2.05, 4.69) is 27.9 Å². The number of nitrogens with one attached hydrogen (secondary N) is 1. The average molecular weight is 548 g/mol. The Morgan fingerprint density at radius 1 is 1.16 bits per heavy atom. The maximum Gasteiger partial charge on any atom is 0.335 e. The second-order valence-corrected chi connectivity index (χ2v) is 8.77. The zero-order chi connectivity index (χ0) is 23.6. The maximum atomic E-state index is 13.2. The molecule has 0 saturated carbocycles. The Labute approximate surface area is 200 Å². The highest BCUT2D eigenvalue weighted by atomic mass is 127. The highest BCUT2D eigenvalue weighted by molar-refractivity contribution is 14.1. The highest BCUT2D eigenvalue weighted by Gasteiger charge is 2.37. The third-order valence-electron chi connectivity index (χ3n) is 4.91. The normalized spacial score (nSPS) is 15.4. The summed E-state index contributed by atoms with van der Waals surface area (Å²) in [6.45, 7) is 9.86. The van der Waals surface area contributed by atoms with Crippen LogP contribution in [0.15, 0.2) is 35.9 Å². The summed E-state index contributed by atoms with van der Waals surface area (Å²) in [5.74, 6) is -0.290. The molecule has 1 aliphatic rings. The van der Waals surface area contributed by atoms with Crippen molar-refractivity contribution in [3.05, 3.63) is 56.2 Å². The van der Waals surface area contributed by atoms with Gasteiger partial charge in [0.1, 0.15) is 5.57 Å². The Bertz CT molecular complexity index is 1120. The van der Waals surface area contributed by atoms with Crippen molar-refractivity contribution in [3.63, 3.8) is 0 Å². The van der Waals surface area contributed by atoms with Crippen molar-refractivity contribution in [1.82, 2.24) is 5.32 Å².